The Balaban J connectivity index is 2.30. The Morgan fingerprint density at radius 1 is 1.45 bits per heavy atom. The summed E-state index contributed by atoms with van der Waals surface area (Å²) in [6.07, 6.45) is 2.75. The van der Waals surface area contributed by atoms with Crippen molar-refractivity contribution in [3.63, 3.8) is 0 Å². The van der Waals surface area contributed by atoms with Gasteiger partial charge in [0.15, 0.2) is 5.03 Å². The highest BCUT2D eigenvalue weighted by Crippen LogP contribution is 2.23. The molecule has 7 heteroatoms. The summed E-state index contributed by atoms with van der Waals surface area (Å²) in [5.74, 6) is 0. The number of aryl methyl sites for hydroxylation is 1. The van der Waals surface area contributed by atoms with Crippen LogP contribution < -0.4 is 5.32 Å². The van der Waals surface area contributed by atoms with Crippen LogP contribution >= 0.6 is 0 Å². The van der Waals surface area contributed by atoms with Crippen molar-refractivity contribution in [1.29, 1.82) is 0 Å². The molecular formula is C13H22N4O2S. The summed E-state index contributed by atoms with van der Waals surface area (Å²) in [6.45, 7) is 8.11. The largest absolute Gasteiger partial charge is 0.313 e. The van der Waals surface area contributed by atoms with Crippen LogP contribution in [0.4, 0.5) is 0 Å². The van der Waals surface area contributed by atoms with Gasteiger partial charge in [-0.05, 0) is 26.8 Å². The smallest absolute Gasteiger partial charge is 0.263 e. The number of rotatable bonds is 5. The van der Waals surface area contributed by atoms with Gasteiger partial charge in [-0.25, -0.2) is 8.42 Å². The summed E-state index contributed by atoms with van der Waals surface area (Å²) >= 11 is 0. The van der Waals surface area contributed by atoms with Crippen molar-refractivity contribution in [2.45, 2.75) is 38.8 Å². The summed E-state index contributed by atoms with van der Waals surface area (Å²) in [5.41, 5.74) is 2.77. The average molecular weight is 298 g/mol. The second-order valence-electron chi connectivity index (χ2n) is 5.08. The van der Waals surface area contributed by atoms with Crippen molar-refractivity contribution in [3.05, 3.63) is 22.9 Å². The van der Waals surface area contributed by atoms with Crippen molar-refractivity contribution in [2.24, 2.45) is 0 Å². The van der Waals surface area contributed by atoms with Crippen LogP contribution in [0.1, 0.15) is 31.5 Å². The van der Waals surface area contributed by atoms with E-state index < -0.39 is 10.0 Å². The molecule has 6 nitrogen and oxygen atoms in total. The first-order valence-electron chi connectivity index (χ1n) is 6.87. The highest BCUT2D eigenvalue weighted by Gasteiger charge is 2.30. The third kappa shape index (κ3) is 2.94. The molecular weight excluding hydrogens is 276 g/mol. The fourth-order valence-corrected chi connectivity index (χ4v) is 3.74. The summed E-state index contributed by atoms with van der Waals surface area (Å²) in [5, 5.41) is 10.1. The Morgan fingerprint density at radius 3 is 2.80 bits per heavy atom. The SMILES string of the molecule is CCNCc1c(S(=O)(=O)N2CC=C(C)CC2)n[nH]c1C. The third-order valence-corrected chi connectivity index (χ3v) is 5.41. The van der Waals surface area contributed by atoms with E-state index in [9.17, 15) is 8.42 Å². The molecule has 20 heavy (non-hydrogen) atoms. The van der Waals surface area contributed by atoms with Gasteiger partial charge in [0.2, 0.25) is 0 Å². The van der Waals surface area contributed by atoms with Gasteiger partial charge in [-0.2, -0.15) is 9.40 Å². The van der Waals surface area contributed by atoms with Crippen LogP contribution in [0, 0.1) is 6.92 Å². The maximum absolute atomic E-state index is 12.7. The summed E-state index contributed by atoms with van der Waals surface area (Å²) in [7, 11) is -3.52. The maximum atomic E-state index is 12.7. The molecule has 0 aliphatic carbocycles. The minimum atomic E-state index is -3.52. The zero-order valence-corrected chi connectivity index (χ0v) is 13.0. The third-order valence-electron chi connectivity index (χ3n) is 3.57. The minimum Gasteiger partial charge on any atom is -0.313 e. The van der Waals surface area contributed by atoms with Crippen LogP contribution in [0.2, 0.25) is 0 Å². The standard InChI is InChI=1S/C13H22N4O2S/c1-4-14-9-12-11(3)15-16-13(12)20(18,19)17-7-5-10(2)6-8-17/h5,14H,4,6-9H2,1-3H3,(H,15,16). The van der Waals surface area contributed by atoms with Gasteiger partial charge in [0.05, 0.1) is 0 Å². The molecule has 0 radical (unpaired) electrons. The van der Waals surface area contributed by atoms with Crippen molar-refractivity contribution >= 4 is 10.0 Å². The first kappa shape index (κ1) is 15.2. The normalized spacial score (nSPS) is 17.2. The average Bonchev–Trinajstić information content (AvgIpc) is 2.79. The van der Waals surface area contributed by atoms with E-state index in [0.29, 0.717) is 19.6 Å². The first-order chi connectivity index (χ1) is 9.46. The Labute approximate surface area is 120 Å². The molecule has 2 N–H and O–H groups in total. The van der Waals surface area contributed by atoms with Gasteiger partial charge in [-0.3, -0.25) is 5.10 Å². The van der Waals surface area contributed by atoms with E-state index in [1.807, 2.05) is 26.8 Å². The number of hydrogen-bond donors (Lipinski definition) is 2. The summed E-state index contributed by atoms with van der Waals surface area (Å²) in [6, 6.07) is 0. The quantitative estimate of drug-likeness (QED) is 0.800. The molecule has 0 spiro atoms. The molecule has 1 aliphatic heterocycles. The number of aromatic amines is 1. The van der Waals surface area contributed by atoms with Crippen LogP contribution in [0.5, 0.6) is 0 Å². The second-order valence-corrected chi connectivity index (χ2v) is 6.93. The van der Waals surface area contributed by atoms with Gasteiger partial charge in [0, 0.05) is 30.9 Å². The molecule has 1 aromatic heterocycles. The lowest BCUT2D eigenvalue weighted by molar-refractivity contribution is 0.428. The molecule has 2 rings (SSSR count). The number of H-pyrrole nitrogens is 1. The number of nitrogens with zero attached hydrogens (tertiary/aromatic N) is 2. The number of hydrogen-bond acceptors (Lipinski definition) is 4. The van der Waals surface area contributed by atoms with Gasteiger partial charge < -0.3 is 5.32 Å². The zero-order valence-electron chi connectivity index (χ0n) is 12.2. The lowest BCUT2D eigenvalue weighted by Gasteiger charge is -2.24. The molecule has 0 saturated carbocycles. The molecule has 0 bridgehead atoms. The zero-order chi connectivity index (χ0) is 14.8. The summed E-state index contributed by atoms with van der Waals surface area (Å²) in [4.78, 5) is 0. The van der Waals surface area contributed by atoms with E-state index in [2.05, 4.69) is 15.5 Å². The Hall–Kier alpha value is -1.18. The number of nitrogens with one attached hydrogen (secondary N) is 2. The van der Waals surface area contributed by atoms with Crippen LogP contribution in [-0.2, 0) is 16.6 Å². The van der Waals surface area contributed by atoms with Gasteiger partial charge in [0.1, 0.15) is 0 Å². The lowest BCUT2D eigenvalue weighted by atomic mass is 10.1. The van der Waals surface area contributed by atoms with Gasteiger partial charge >= 0.3 is 0 Å². The molecule has 0 atom stereocenters. The van der Waals surface area contributed by atoms with E-state index in [4.69, 9.17) is 0 Å². The van der Waals surface area contributed by atoms with Crippen molar-refractivity contribution in [3.8, 4) is 0 Å². The summed E-state index contributed by atoms with van der Waals surface area (Å²) < 4.78 is 26.8. The van der Waals surface area contributed by atoms with Crippen molar-refractivity contribution in [2.75, 3.05) is 19.6 Å². The maximum Gasteiger partial charge on any atom is 0.263 e. The molecule has 1 aliphatic rings. The van der Waals surface area contributed by atoms with Gasteiger partial charge in [-0.15, -0.1) is 0 Å². The van der Waals surface area contributed by atoms with Crippen LogP contribution in [0.25, 0.3) is 0 Å². The lowest BCUT2D eigenvalue weighted by Crippen LogP contribution is -2.35. The van der Waals surface area contributed by atoms with Gasteiger partial charge in [0.25, 0.3) is 10.0 Å². The number of aromatic nitrogens is 2. The van der Waals surface area contributed by atoms with Crippen LogP contribution in [0.3, 0.4) is 0 Å². The molecule has 0 unspecified atom stereocenters. The fourth-order valence-electron chi connectivity index (χ4n) is 2.19. The van der Waals surface area contributed by atoms with Crippen LogP contribution in [-0.4, -0.2) is 42.6 Å². The second kappa shape index (κ2) is 6.07. The van der Waals surface area contributed by atoms with Crippen LogP contribution in [0.15, 0.2) is 16.7 Å². The first-order valence-corrected chi connectivity index (χ1v) is 8.31. The van der Waals surface area contributed by atoms with Crippen molar-refractivity contribution in [1.82, 2.24) is 19.8 Å². The fraction of sp³-hybridized carbons (Fsp3) is 0.615. The molecule has 0 aromatic carbocycles. The Kier molecular flexibility index (Phi) is 4.62. The minimum absolute atomic E-state index is 0.156. The molecule has 1 aromatic rings. The molecule has 112 valence electrons. The molecule has 0 saturated heterocycles. The Bertz CT molecular complexity index is 604. The van der Waals surface area contributed by atoms with E-state index in [1.54, 1.807) is 0 Å². The highest BCUT2D eigenvalue weighted by atomic mass is 32.2. The Morgan fingerprint density at radius 2 is 2.20 bits per heavy atom. The monoisotopic (exact) mass is 298 g/mol. The van der Waals surface area contributed by atoms with E-state index >= 15 is 0 Å². The van der Waals surface area contributed by atoms with E-state index in [0.717, 1.165) is 24.2 Å². The molecule has 0 fully saturated rings. The topological polar surface area (TPSA) is 78.1 Å². The highest BCUT2D eigenvalue weighted by molar-refractivity contribution is 7.89. The van der Waals surface area contributed by atoms with Crippen molar-refractivity contribution < 1.29 is 8.42 Å². The van der Waals surface area contributed by atoms with Gasteiger partial charge in [-0.1, -0.05) is 18.6 Å². The van der Waals surface area contributed by atoms with E-state index in [-0.39, 0.29) is 5.03 Å². The van der Waals surface area contributed by atoms with E-state index in [1.165, 1.54) is 9.88 Å². The molecule has 2 heterocycles. The number of sulfonamides is 1. The predicted octanol–water partition coefficient (Wildman–Crippen LogP) is 1.17. The predicted molar refractivity (Wildman–Crippen MR) is 77.8 cm³/mol. The molecule has 0 amide bonds.